The maximum absolute atomic E-state index is 12.7. The second-order valence-corrected chi connectivity index (χ2v) is 6.78. The van der Waals surface area contributed by atoms with Crippen molar-refractivity contribution >= 4 is 11.8 Å². The van der Waals surface area contributed by atoms with Crippen LogP contribution in [0.1, 0.15) is 38.5 Å². The van der Waals surface area contributed by atoms with Gasteiger partial charge in [-0.05, 0) is 50.7 Å². The number of amides is 2. The number of aromatic nitrogens is 1. The molecule has 0 radical (unpaired) electrons. The number of rotatable bonds is 4. The number of nitrogens with zero attached hydrogens (tertiary/aromatic N) is 3. The molecule has 3 rings (SSSR count). The molecule has 0 saturated carbocycles. The van der Waals surface area contributed by atoms with E-state index in [1.165, 1.54) is 0 Å². The number of likely N-dealkylation sites (tertiary alicyclic amines) is 1. The van der Waals surface area contributed by atoms with Gasteiger partial charge >= 0.3 is 6.03 Å². The van der Waals surface area contributed by atoms with E-state index >= 15 is 0 Å². The van der Waals surface area contributed by atoms with Gasteiger partial charge in [0.1, 0.15) is 5.82 Å². The Morgan fingerprint density at radius 2 is 2.17 bits per heavy atom. The predicted molar refractivity (Wildman–Crippen MR) is 94.1 cm³/mol. The molecule has 1 aromatic rings. The third-order valence-electron chi connectivity index (χ3n) is 5.07. The molecule has 1 aromatic heterocycles. The lowest BCUT2D eigenvalue weighted by Gasteiger charge is -2.39. The van der Waals surface area contributed by atoms with Gasteiger partial charge in [0.05, 0.1) is 0 Å². The number of piperidine rings is 2. The number of carbonyl (C=O) groups is 1. The van der Waals surface area contributed by atoms with Gasteiger partial charge in [-0.3, -0.25) is 0 Å². The fourth-order valence-electron chi connectivity index (χ4n) is 3.82. The third-order valence-corrected chi connectivity index (χ3v) is 5.07. The average molecular weight is 332 g/mol. The largest absolute Gasteiger partial charge is 0.396 e. The lowest BCUT2D eigenvalue weighted by atomic mass is 10.00. The van der Waals surface area contributed by atoms with Crippen molar-refractivity contribution in [1.29, 1.82) is 0 Å². The molecule has 6 nitrogen and oxygen atoms in total. The number of nitrogens with one attached hydrogen (secondary N) is 1. The van der Waals surface area contributed by atoms with Gasteiger partial charge in [-0.25, -0.2) is 9.78 Å². The fourth-order valence-corrected chi connectivity index (χ4v) is 3.82. The highest BCUT2D eigenvalue weighted by molar-refractivity contribution is 5.75. The van der Waals surface area contributed by atoms with Crippen LogP contribution in [0.25, 0.3) is 0 Å². The van der Waals surface area contributed by atoms with Crippen molar-refractivity contribution in [3.05, 3.63) is 24.4 Å². The summed E-state index contributed by atoms with van der Waals surface area (Å²) in [6.07, 6.45) is 7.75. The molecule has 2 aliphatic rings. The normalized spacial score (nSPS) is 24.7. The van der Waals surface area contributed by atoms with Crippen LogP contribution in [0, 0.1) is 0 Å². The molecule has 24 heavy (non-hydrogen) atoms. The van der Waals surface area contributed by atoms with Gasteiger partial charge in [0.2, 0.25) is 0 Å². The van der Waals surface area contributed by atoms with E-state index in [4.69, 9.17) is 0 Å². The monoisotopic (exact) mass is 332 g/mol. The first kappa shape index (κ1) is 17.0. The molecular weight excluding hydrogens is 304 g/mol. The number of aliphatic hydroxyl groups is 1. The van der Waals surface area contributed by atoms with Gasteiger partial charge in [0, 0.05) is 44.5 Å². The van der Waals surface area contributed by atoms with Gasteiger partial charge in [-0.1, -0.05) is 6.07 Å². The summed E-state index contributed by atoms with van der Waals surface area (Å²) in [6, 6.07) is 6.30. The maximum Gasteiger partial charge on any atom is 0.317 e. The number of anilines is 1. The van der Waals surface area contributed by atoms with Gasteiger partial charge in [-0.15, -0.1) is 0 Å². The van der Waals surface area contributed by atoms with Crippen LogP contribution in [-0.4, -0.2) is 59.3 Å². The van der Waals surface area contributed by atoms with Crippen molar-refractivity contribution in [2.75, 3.05) is 31.1 Å². The first-order valence-corrected chi connectivity index (χ1v) is 9.12. The molecule has 2 saturated heterocycles. The Morgan fingerprint density at radius 1 is 1.25 bits per heavy atom. The van der Waals surface area contributed by atoms with E-state index in [1.54, 1.807) is 0 Å². The van der Waals surface area contributed by atoms with Crippen LogP contribution < -0.4 is 10.2 Å². The topological polar surface area (TPSA) is 68.7 Å². The summed E-state index contributed by atoms with van der Waals surface area (Å²) in [7, 11) is 0. The summed E-state index contributed by atoms with van der Waals surface area (Å²) >= 11 is 0. The van der Waals surface area contributed by atoms with Crippen LogP contribution in [0.4, 0.5) is 10.6 Å². The van der Waals surface area contributed by atoms with Gasteiger partial charge in [0.15, 0.2) is 0 Å². The third kappa shape index (κ3) is 4.17. The van der Waals surface area contributed by atoms with E-state index in [2.05, 4.69) is 15.2 Å². The average Bonchev–Trinajstić information content (AvgIpc) is 2.63. The van der Waals surface area contributed by atoms with E-state index in [1.807, 2.05) is 29.3 Å². The smallest absolute Gasteiger partial charge is 0.317 e. The number of hydrogen-bond donors (Lipinski definition) is 2. The second-order valence-electron chi connectivity index (χ2n) is 6.78. The van der Waals surface area contributed by atoms with Crippen LogP contribution >= 0.6 is 0 Å². The van der Waals surface area contributed by atoms with Gasteiger partial charge < -0.3 is 20.2 Å². The lowest BCUT2D eigenvalue weighted by molar-refractivity contribution is 0.129. The lowest BCUT2D eigenvalue weighted by Crippen LogP contribution is -2.55. The number of urea groups is 1. The highest BCUT2D eigenvalue weighted by atomic mass is 16.3. The number of pyridine rings is 1. The van der Waals surface area contributed by atoms with Crippen LogP contribution in [-0.2, 0) is 0 Å². The van der Waals surface area contributed by atoms with Crippen LogP contribution in [0.5, 0.6) is 0 Å². The standard InChI is InChI=1S/C18H28N4O2/c23-13-9-16-7-2-4-12-22(16)18(24)20-15-6-5-11-21(14-15)17-8-1-3-10-19-17/h1,3,8,10,15-16,23H,2,4-7,9,11-14H2,(H,20,24)/t15-,16+/m1/s1. The molecule has 132 valence electrons. The van der Waals surface area contributed by atoms with Crippen molar-refractivity contribution in [3.8, 4) is 0 Å². The summed E-state index contributed by atoms with van der Waals surface area (Å²) in [5, 5.41) is 12.4. The Labute approximate surface area is 143 Å². The number of hydrogen-bond acceptors (Lipinski definition) is 4. The Balaban J connectivity index is 1.57. The van der Waals surface area contributed by atoms with Gasteiger partial charge in [0.25, 0.3) is 0 Å². The fraction of sp³-hybridized carbons (Fsp3) is 0.667. The minimum absolute atomic E-state index is 0.0287. The van der Waals surface area contributed by atoms with Crippen LogP contribution in [0.2, 0.25) is 0 Å². The first-order valence-electron chi connectivity index (χ1n) is 9.12. The van der Waals surface area contributed by atoms with Crippen molar-refractivity contribution in [3.63, 3.8) is 0 Å². The SMILES string of the molecule is O=C(N[C@@H]1CCCN(c2ccccn2)C1)N1CCCC[C@H]1CCO. The Bertz CT molecular complexity index is 523. The molecule has 0 spiro atoms. The Hall–Kier alpha value is -1.82. The van der Waals surface area contributed by atoms with Crippen molar-refractivity contribution in [2.24, 2.45) is 0 Å². The highest BCUT2D eigenvalue weighted by Gasteiger charge is 2.29. The molecule has 0 aliphatic carbocycles. The molecule has 2 amide bonds. The zero-order valence-electron chi connectivity index (χ0n) is 14.2. The van der Waals surface area contributed by atoms with E-state index in [9.17, 15) is 9.90 Å². The molecule has 2 fully saturated rings. The zero-order valence-corrected chi connectivity index (χ0v) is 14.2. The van der Waals surface area contributed by atoms with Crippen molar-refractivity contribution in [1.82, 2.24) is 15.2 Å². The quantitative estimate of drug-likeness (QED) is 0.885. The maximum atomic E-state index is 12.7. The summed E-state index contributed by atoms with van der Waals surface area (Å²) in [4.78, 5) is 21.3. The number of carbonyl (C=O) groups excluding carboxylic acids is 1. The molecule has 2 N–H and O–H groups in total. The van der Waals surface area contributed by atoms with E-state index < -0.39 is 0 Å². The predicted octanol–water partition coefficient (Wildman–Crippen LogP) is 2.00. The van der Waals surface area contributed by atoms with E-state index in [0.29, 0.717) is 6.42 Å². The first-order chi connectivity index (χ1) is 11.8. The molecule has 3 heterocycles. The van der Waals surface area contributed by atoms with Crippen LogP contribution in [0.15, 0.2) is 24.4 Å². The number of aliphatic hydroxyl groups excluding tert-OH is 1. The summed E-state index contributed by atoms with van der Waals surface area (Å²) in [5.74, 6) is 0.979. The van der Waals surface area contributed by atoms with Crippen LogP contribution in [0.3, 0.4) is 0 Å². The molecule has 2 atom stereocenters. The molecule has 0 aromatic carbocycles. The van der Waals surface area contributed by atoms with Crippen molar-refractivity contribution < 1.29 is 9.90 Å². The zero-order chi connectivity index (χ0) is 16.8. The molecular formula is C18H28N4O2. The molecule has 0 bridgehead atoms. The van der Waals surface area contributed by atoms with Crippen molar-refractivity contribution in [2.45, 2.75) is 50.6 Å². The minimum Gasteiger partial charge on any atom is -0.396 e. The van der Waals surface area contributed by atoms with E-state index in [-0.39, 0.29) is 24.7 Å². The second kappa shape index (κ2) is 8.33. The highest BCUT2D eigenvalue weighted by Crippen LogP contribution is 2.21. The van der Waals surface area contributed by atoms with Gasteiger partial charge in [-0.2, -0.15) is 0 Å². The molecule has 0 unspecified atom stereocenters. The molecule has 2 aliphatic heterocycles. The Kier molecular flexibility index (Phi) is 5.91. The summed E-state index contributed by atoms with van der Waals surface area (Å²) in [6.45, 7) is 2.74. The van der Waals surface area contributed by atoms with E-state index in [0.717, 1.165) is 57.6 Å². The summed E-state index contributed by atoms with van der Waals surface area (Å²) < 4.78 is 0. The molecule has 6 heteroatoms. The summed E-state index contributed by atoms with van der Waals surface area (Å²) in [5.41, 5.74) is 0. The minimum atomic E-state index is 0.0287. The Morgan fingerprint density at radius 3 is 2.96 bits per heavy atom.